The van der Waals surface area contributed by atoms with Crippen LogP contribution in [0.1, 0.15) is 24.7 Å². The van der Waals surface area contributed by atoms with E-state index in [1.807, 2.05) is 6.07 Å². The van der Waals surface area contributed by atoms with E-state index in [1.165, 1.54) is 0 Å². The van der Waals surface area contributed by atoms with Crippen molar-refractivity contribution in [3.63, 3.8) is 0 Å². The zero-order valence-corrected chi connectivity index (χ0v) is 11.4. The maximum Gasteiger partial charge on any atom is 0.170 e. The molecule has 2 rings (SSSR count). The largest absolute Gasteiger partial charge is 0.392 e. The second-order valence-electron chi connectivity index (χ2n) is 4.14. The van der Waals surface area contributed by atoms with Gasteiger partial charge in [0.1, 0.15) is 0 Å². The minimum absolute atomic E-state index is 0.0145. The van der Waals surface area contributed by atoms with Crippen LogP contribution in [-0.2, 0) is 19.7 Å². The van der Waals surface area contributed by atoms with E-state index in [2.05, 4.69) is 27.8 Å². The average molecular weight is 282 g/mol. The molecule has 1 aromatic carbocycles. The average Bonchev–Trinajstić information content (AvgIpc) is 2.86. The molecule has 2 N–H and O–H groups in total. The number of aromatic nitrogens is 4. The quantitative estimate of drug-likeness (QED) is 0.845. The monoisotopic (exact) mass is 281 g/mol. The summed E-state index contributed by atoms with van der Waals surface area (Å²) >= 11 is 6.09. The van der Waals surface area contributed by atoms with Crippen molar-refractivity contribution in [2.75, 3.05) is 5.32 Å². The van der Waals surface area contributed by atoms with Crippen LogP contribution < -0.4 is 5.32 Å². The van der Waals surface area contributed by atoms with Crippen molar-refractivity contribution in [2.24, 2.45) is 0 Å². The Labute approximate surface area is 116 Å². The molecule has 0 aliphatic rings. The van der Waals surface area contributed by atoms with Crippen LogP contribution in [0.25, 0.3) is 0 Å². The lowest BCUT2D eigenvalue weighted by Crippen LogP contribution is -2.10. The van der Waals surface area contributed by atoms with Gasteiger partial charge in [-0.1, -0.05) is 24.6 Å². The first-order chi connectivity index (χ1) is 9.24. The van der Waals surface area contributed by atoms with Crippen molar-refractivity contribution in [3.05, 3.63) is 34.6 Å². The van der Waals surface area contributed by atoms with Crippen LogP contribution in [-0.4, -0.2) is 25.3 Å². The molecule has 0 bridgehead atoms. The topological polar surface area (TPSA) is 75.9 Å². The summed E-state index contributed by atoms with van der Waals surface area (Å²) in [7, 11) is 0. The Morgan fingerprint density at radius 1 is 1.42 bits per heavy atom. The van der Waals surface area contributed by atoms with Crippen LogP contribution in [0, 0.1) is 0 Å². The fourth-order valence-electron chi connectivity index (χ4n) is 1.72. The standard InChI is InChI=1S/C12H16ClN5O/c1-2-5-18-12(15-16-17-18)7-14-11-6-9(8-19)3-4-10(11)13/h3-4,6,14,19H,2,5,7-8H2,1H3. The number of aliphatic hydroxyl groups is 1. The van der Waals surface area contributed by atoms with Crippen molar-refractivity contribution in [2.45, 2.75) is 33.0 Å². The van der Waals surface area contributed by atoms with Gasteiger partial charge >= 0.3 is 0 Å². The molecule has 0 spiro atoms. The number of nitrogens with one attached hydrogen (secondary N) is 1. The molecular weight excluding hydrogens is 266 g/mol. The summed E-state index contributed by atoms with van der Waals surface area (Å²) in [5.41, 5.74) is 1.57. The maximum atomic E-state index is 9.11. The number of halogens is 1. The van der Waals surface area contributed by atoms with Gasteiger partial charge in [-0.25, -0.2) is 4.68 Å². The highest BCUT2D eigenvalue weighted by Crippen LogP contribution is 2.23. The number of nitrogens with zero attached hydrogens (tertiary/aromatic N) is 4. The van der Waals surface area contributed by atoms with E-state index < -0.39 is 0 Å². The molecule has 0 fully saturated rings. The van der Waals surface area contributed by atoms with Crippen LogP contribution in [0.4, 0.5) is 5.69 Å². The van der Waals surface area contributed by atoms with Crippen molar-refractivity contribution in [1.29, 1.82) is 0 Å². The van der Waals surface area contributed by atoms with Crippen LogP contribution in [0.15, 0.2) is 18.2 Å². The van der Waals surface area contributed by atoms with E-state index in [1.54, 1.807) is 16.8 Å². The van der Waals surface area contributed by atoms with Gasteiger partial charge < -0.3 is 10.4 Å². The van der Waals surface area contributed by atoms with Gasteiger partial charge in [0.05, 0.1) is 23.9 Å². The van der Waals surface area contributed by atoms with Gasteiger partial charge in [0, 0.05) is 6.54 Å². The molecule has 19 heavy (non-hydrogen) atoms. The lowest BCUT2D eigenvalue weighted by Gasteiger charge is -2.09. The van der Waals surface area contributed by atoms with E-state index in [4.69, 9.17) is 16.7 Å². The van der Waals surface area contributed by atoms with Crippen LogP contribution >= 0.6 is 11.6 Å². The molecule has 7 heteroatoms. The molecule has 0 atom stereocenters. The second-order valence-corrected chi connectivity index (χ2v) is 4.55. The van der Waals surface area contributed by atoms with Gasteiger partial charge in [0.2, 0.25) is 0 Å². The lowest BCUT2D eigenvalue weighted by molar-refractivity contribution is 0.282. The maximum absolute atomic E-state index is 9.11. The Kier molecular flexibility index (Phi) is 4.70. The Balaban J connectivity index is 2.07. The number of hydrogen-bond donors (Lipinski definition) is 2. The first kappa shape index (κ1) is 13.8. The first-order valence-corrected chi connectivity index (χ1v) is 6.50. The molecule has 0 unspecified atom stereocenters. The molecule has 0 amide bonds. The highest BCUT2D eigenvalue weighted by Gasteiger charge is 2.07. The summed E-state index contributed by atoms with van der Waals surface area (Å²) in [5.74, 6) is 0.757. The molecule has 0 aliphatic heterocycles. The third-order valence-electron chi connectivity index (χ3n) is 2.69. The number of benzene rings is 1. The van der Waals surface area contributed by atoms with E-state index in [0.717, 1.165) is 30.0 Å². The molecule has 2 aromatic rings. The summed E-state index contributed by atoms with van der Waals surface area (Å²) in [5, 5.41) is 24.4. The minimum atomic E-state index is -0.0145. The molecule has 0 radical (unpaired) electrons. The summed E-state index contributed by atoms with van der Waals surface area (Å²) < 4.78 is 1.76. The summed E-state index contributed by atoms with van der Waals surface area (Å²) in [6.45, 7) is 3.33. The highest BCUT2D eigenvalue weighted by atomic mass is 35.5. The molecule has 0 aliphatic carbocycles. The Bertz CT molecular complexity index is 543. The third-order valence-corrected chi connectivity index (χ3v) is 3.02. The number of aliphatic hydroxyl groups excluding tert-OH is 1. The smallest absolute Gasteiger partial charge is 0.170 e. The van der Waals surface area contributed by atoms with Crippen LogP contribution in [0.2, 0.25) is 5.02 Å². The van der Waals surface area contributed by atoms with Crippen molar-refractivity contribution < 1.29 is 5.11 Å². The van der Waals surface area contributed by atoms with Crippen molar-refractivity contribution in [3.8, 4) is 0 Å². The fourth-order valence-corrected chi connectivity index (χ4v) is 1.90. The molecule has 6 nitrogen and oxygen atoms in total. The zero-order valence-electron chi connectivity index (χ0n) is 10.7. The van der Waals surface area contributed by atoms with E-state index in [9.17, 15) is 0 Å². The van der Waals surface area contributed by atoms with Crippen molar-refractivity contribution >= 4 is 17.3 Å². The number of hydrogen-bond acceptors (Lipinski definition) is 5. The Morgan fingerprint density at radius 3 is 3.00 bits per heavy atom. The van der Waals surface area contributed by atoms with Gasteiger partial charge in [0.25, 0.3) is 0 Å². The van der Waals surface area contributed by atoms with Gasteiger partial charge in [-0.3, -0.25) is 0 Å². The molecule has 102 valence electrons. The predicted molar refractivity (Wildman–Crippen MR) is 72.8 cm³/mol. The highest BCUT2D eigenvalue weighted by molar-refractivity contribution is 6.33. The summed E-state index contributed by atoms with van der Waals surface area (Å²) in [4.78, 5) is 0. The molecule has 1 heterocycles. The predicted octanol–water partition coefficient (Wildman–Crippen LogP) is 1.84. The summed E-state index contributed by atoms with van der Waals surface area (Å²) in [6.07, 6.45) is 0.971. The normalized spacial score (nSPS) is 10.7. The van der Waals surface area contributed by atoms with E-state index in [0.29, 0.717) is 11.6 Å². The second kappa shape index (κ2) is 6.49. The number of aryl methyl sites for hydroxylation is 1. The van der Waals surface area contributed by atoms with Gasteiger partial charge in [-0.05, 0) is 34.5 Å². The zero-order chi connectivity index (χ0) is 13.7. The fraction of sp³-hybridized carbons (Fsp3) is 0.417. The third kappa shape index (κ3) is 3.42. The van der Waals surface area contributed by atoms with Gasteiger partial charge in [-0.2, -0.15) is 0 Å². The minimum Gasteiger partial charge on any atom is -0.392 e. The SMILES string of the molecule is CCCn1nnnc1CNc1cc(CO)ccc1Cl. The Hall–Kier alpha value is -1.66. The first-order valence-electron chi connectivity index (χ1n) is 6.12. The number of anilines is 1. The van der Waals surface area contributed by atoms with Crippen LogP contribution in [0.3, 0.4) is 0 Å². The molecule has 0 saturated carbocycles. The summed E-state index contributed by atoms with van der Waals surface area (Å²) in [6, 6.07) is 5.36. The van der Waals surface area contributed by atoms with E-state index in [-0.39, 0.29) is 6.61 Å². The molecule has 1 aromatic heterocycles. The van der Waals surface area contributed by atoms with Gasteiger partial charge in [-0.15, -0.1) is 5.10 Å². The lowest BCUT2D eigenvalue weighted by atomic mass is 10.2. The van der Waals surface area contributed by atoms with Crippen molar-refractivity contribution in [1.82, 2.24) is 20.2 Å². The molecule has 0 saturated heterocycles. The van der Waals surface area contributed by atoms with Crippen LogP contribution in [0.5, 0.6) is 0 Å². The molecular formula is C12H16ClN5O. The number of tetrazole rings is 1. The number of rotatable bonds is 6. The van der Waals surface area contributed by atoms with E-state index >= 15 is 0 Å². The Morgan fingerprint density at radius 2 is 2.26 bits per heavy atom. The van der Waals surface area contributed by atoms with Gasteiger partial charge in [0.15, 0.2) is 5.82 Å².